The van der Waals surface area contributed by atoms with Crippen LogP contribution in [0, 0.1) is 28.9 Å². The molecule has 9 nitrogen and oxygen atoms in total. The first kappa shape index (κ1) is 19.4. The molecule has 2 unspecified atom stereocenters. The highest BCUT2D eigenvalue weighted by Gasteiger charge is 2.32. The minimum absolute atomic E-state index is 0.0760. The van der Waals surface area contributed by atoms with Gasteiger partial charge in [0.25, 0.3) is 11.6 Å². The van der Waals surface area contributed by atoms with E-state index in [9.17, 15) is 24.5 Å². The molecular weight excluding hydrogens is 342 g/mol. The second-order valence-corrected chi connectivity index (χ2v) is 6.49. The van der Waals surface area contributed by atoms with Crippen LogP contribution in [0.25, 0.3) is 0 Å². The monoisotopic (exact) mass is 363 g/mol. The molecule has 1 aliphatic rings. The smallest absolute Gasteiger partial charge is 0.306 e. The van der Waals surface area contributed by atoms with Crippen molar-refractivity contribution in [1.29, 1.82) is 0 Å². The first-order valence-electron chi connectivity index (χ1n) is 8.24. The number of hydrogen-bond donors (Lipinski definition) is 2. The fraction of sp³-hybridized carbons (Fsp3) is 0.471. The van der Waals surface area contributed by atoms with Crippen molar-refractivity contribution in [1.82, 2.24) is 10.2 Å². The van der Waals surface area contributed by atoms with Crippen molar-refractivity contribution in [3.8, 4) is 0 Å². The highest BCUT2D eigenvalue weighted by molar-refractivity contribution is 5.96. The lowest BCUT2D eigenvalue weighted by Crippen LogP contribution is -2.48. The summed E-state index contributed by atoms with van der Waals surface area (Å²) in [7, 11) is 0. The van der Waals surface area contributed by atoms with E-state index in [1.165, 1.54) is 25.1 Å². The van der Waals surface area contributed by atoms with Crippen LogP contribution < -0.4 is 5.32 Å². The van der Waals surface area contributed by atoms with Crippen LogP contribution in [0.1, 0.15) is 29.3 Å². The van der Waals surface area contributed by atoms with Gasteiger partial charge in [-0.1, -0.05) is 6.92 Å². The van der Waals surface area contributed by atoms with Crippen LogP contribution in [-0.2, 0) is 9.59 Å². The number of hydrogen-bond acceptors (Lipinski definition) is 5. The summed E-state index contributed by atoms with van der Waals surface area (Å²) in [4.78, 5) is 47.3. The summed E-state index contributed by atoms with van der Waals surface area (Å²) in [5.41, 5.74) is 0.519. The van der Waals surface area contributed by atoms with Gasteiger partial charge in [0.15, 0.2) is 0 Å². The second kappa shape index (κ2) is 7.94. The van der Waals surface area contributed by atoms with Crippen LogP contribution in [0.4, 0.5) is 5.69 Å². The van der Waals surface area contributed by atoms with E-state index in [0.717, 1.165) is 0 Å². The zero-order chi connectivity index (χ0) is 19.4. The molecule has 0 saturated carbocycles. The normalized spacial score (nSPS) is 19.7. The number of benzene rings is 1. The van der Waals surface area contributed by atoms with E-state index >= 15 is 0 Å². The van der Waals surface area contributed by atoms with Crippen LogP contribution in [0.5, 0.6) is 0 Å². The van der Waals surface area contributed by atoms with Crippen molar-refractivity contribution in [2.75, 3.05) is 19.6 Å². The van der Waals surface area contributed by atoms with Gasteiger partial charge in [-0.15, -0.1) is 0 Å². The standard InChI is InChI=1S/C17H21N3O6/c1-10-7-12(3-4-14(10)20(25)26)16(22)18-8-15(21)19-6-5-13(17(23)24)11(2)9-19/h3-4,7,11,13H,5-6,8-9H2,1-2H3,(H,18,22)(H,23,24). The molecule has 1 saturated heterocycles. The van der Waals surface area contributed by atoms with Crippen LogP contribution in [0.2, 0.25) is 0 Å². The highest BCUT2D eigenvalue weighted by atomic mass is 16.6. The lowest BCUT2D eigenvalue weighted by molar-refractivity contribution is -0.385. The predicted octanol–water partition coefficient (Wildman–Crippen LogP) is 1.20. The number of rotatable bonds is 5. The van der Waals surface area contributed by atoms with Crippen molar-refractivity contribution in [3.63, 3.8) is 0 Å². The van der Waals surface area contributed by atoms with Gasteiger partial charge < -0.3 is 15.3 Å². The molecule has 0 aliphatic carbocycles. The Bertz CT molecular complexity index is 748. The van der Waals surface area contributed by atoms with Crippen LogP contribution in [0.3, 0.4) is 0 Å². The molecule has 0 spiro atoms. The third-order valence-electron chi connectivity index (χ3n) is 4.63. The first-order chi connectivity index (χ1) is 12.2. The average Bonchev–Trinajstić information content (AvgIpc) is 2.58. The number of nitro groups is 1. The number of carboxylic acids is 1. The molecule has 1 aromatic rings. The number of carbonyl (C=O) groups excluding carboxylic acids is 2. The topological polar surface area (TPSA) is 130 Å². The predicted molar refractivity (Wildman–Crippen MR) is 91.7 cm³/mol. The van der Waals surface area contributed by atoms with Crippen molar-refractivity contribution < 1.29 is 24.4 Å². The van der Waals surface area contributed by atoms with Gasteiger partial charge in [-0.3, -0.25) is 24.5 Å². The molecule has 2 atom stereocenters. The van der Waals surface area contributed by atoms with Crippen molar-refractivity contribution in [2.45, 2.75) is 20.3 Å². The molecule has 140 valence electrons. The van der Waals surface area contributed by atoms with Gasteiger partial charge in [0.1, 0.15) is 0 Å². The zero-order valence-electron chi connectivity index (χ0n) is 14.6. The van der Waals surface area contributed by atoms with Crippen LogP contribution in [0.15, 0.2) is 18.2 Å². The van der Waals surface area contributed by atoms with E-state index in [1.807, 2.05) is 0 Å². The van der Waals surface area contributed by atoms with E-state index in [2.05, 4.69) is 5.32 Å². The third kappa shape index (κ3) is 4.35. The average molecular weight is 363 g/mol. The Morgan fingerprint density at radius 1 is 1.38 bits per heavy atom. The molecule has 1 fully saturated rings. The summed E-state index contributed by atoms with van der Waals surface area (Å²) in [6.45, 7) is 3.79. The van der Waals surface area contributed by atoms with E-state index in [4.69, 9.17) is 5.11 Å². The van der Waals surface area contributed by atoms with Gasteiger partial charge in [-0.2, -0.15) is 0 Å². The van der Waals surface area contributed by atoms with E-state index < -0.39 is 22.7 Å². The van der Waals surface area contributed by atoms with Crippen molar-refractivity contribution >= 4 is 23.5 Å². The SMILES string of the molecule is Cc1cc(C(=O)NCC(=O)N2CCC(C(=O)O)C(C)C2)ccc1[N+](=O)[O-]. The van der Waals surface area contributed by atoms with Crippen LogP contribution in [-0.4, -0.2) is 52.3 Å². The number of nitrogens with zero attached hydrogens (tertiary/aromatic N) is 2. The largest absolute Gasteiger partial charge is 0.481 e. The zero-order valence-corrected chi connectivity index (χ0v) is 14.6. The van der Waals surface area contributed by atoms with Gasteiger partial charge in [0.05, 0.1) is 17.4 Å². The summed E-state index contributed by atoms with van der Waals surface area (Å²) in [5.74, 6) is -2.25. The van der Waals surface area contributed by atoms with E-state index in [1.54, 1.807) is 11.8 Å². The maximum Gasteiger partial charge on any atom is 0.306 e. The van der Waals surface area contributed by atoms with E-state index in [0.29, 0.717) is 25.1 Å². The molecule has 0 aromatic heterocycles. The number of aryl methyl sites for hydroxylation is 1. The number of piperidine rings is 1. The molecule has 2 N–H and O–H groups in total. The Balaban J connectivity index is 1.91. The molecule has 2 rings (SSSR count). The Kier molecular flexibility index (Phi) is 5.91. The summed E-state index contributed by atoms with van der Waals surface area (Å²) in [6, 6.07) is 3.99. The Morgan fingerprint density at radius 2 is 2.08 bits per heavy atom. The van der Waals surface area contributed by atoms with Gasteiger partial charge in [-0.05, 0) is 31.4 Å². The molecule has 26 heavy (non-hydrogen) atoms. The van der Waals surface area contributed by atoms with E-state index in [-0.39, 0.29) is 29.6 Å². The Hall–Kier alpha value is -2.97. The first-order valence-corrected chi connectivity index (χ1v) is 8.24. The summed E-state index contributed by atoms with van der Waals surface area (Å²) in [5, 5.41) is 22.4. The molecule has 1 heterocycles. The maximum absolute atomic E-state index is 12.2. The van der Waals surface area contributed by atoms with Gasteiger partial charge in [0.2, 0.25) is 5.91 Å². The Labute approximate surface area is 150 Å². The van der Waals surface area contributed by atoms with Crippen LogP contribution >= 0.6 is 0 Å². The third-order valence-corrected chi connectivity index (χ3v) is 4.63. The number of carbonyl (C=O) groups is 3. The minimum Gasteiger partial charge on any atom is -0.481 e. The summed E-state index contributed by atoms with van der Waals surface area (Å²) < 4.78 is 0. The van der Waals surface area contributed by atoms with Crippen molar-refractivity contribution in [3.05, 3.63) is 39.4 Å². The summed E-state index contributed by atoms with van der Waals surface area (Å²) in [6.07, 6.45) is 0.387. The Morgan fingerprint density at radius 3 is 2.62 bits per heavy atom. The summed E-state index contributed by atoms with van der Waals surface area (Å²) >= 11 is 0. The van der Waals surface area contributed by atoms with Gasteiger partial charge in [-0.25, -0.2) is 0 Å². The number of nitro benzene ring substituents is 1. The second-order valence-electron chi connectivity index (χ2n) is 6.49. The molecule has 0 radical (unpaired) electrons. The maximum atomic E-state index is 12.2. The van der Waals surface area contributed by atoms with Crippen molar-refractivity contribution in [2.24, 2.45) is 11.8 Å². The number of likely N-dealkylation sites (tertiary alicyclic amines) is 1. The van der Waals surface area contributed by atoms with Gasteiger partial charge >= 0.3 is 5.97 Å². The molecular formula is C17H21N3O6. The molecule has 2 amide bonds. The fourth-order valence-electron chi connectivity index (χ4n) is 3.11. The number of nitrogens with one attached hydrogen (secondary N) is 1. The number of carboxylic acid groups (broad SMARTS) is 1. The molecule has 1 aliphatic heterocycles. The lowest BCUT2D eigenvalue weighted by atomic mass is 9.87. The fourth-order valence-corrected chi connectivity index (χ4v) is 3.11. The highest BCUT2D eigenvalue weighted by Crippen LogP contribution is 2.23. The molecule has 0 bridgehead atoms. The number of aliphatic carboxylic acids is 1. The molecule has 9 heteroatoms. The minimum atomic E-state index is -0.855. The quantitative estimate of drug-likeness (QED) is 0.597. The van der Waals surface area contributed by atoms with Gasteiger partial charge in [0, 0.05) is 30.3 Å². The molecule has 1 aromatic carbocycles. The lowest BCUT2D eigenvalue weighted by Gasteiger charge is -2.35. The number of amides is 2.